The molecule has 7 heteroatoms. The van der Waals surface area contributed by atoms with Crippen molar-refractivity contribution in [1.82, 2.24) is 30.1 Å². The van der Waals surface area contributed by atoms with Crippen molar-refractivity contribution >= 4 is 11.6 Å². The van der Waals surface area contributed by atoms with Crippen LogP contribution in [-0.4, -0.2) is 45.6 Å². The van der Waals surface area contributed by atoms with E-state index < -0.39 is 0 Å². The second-order valence-electron chi connectivity index (χ2n) is 7.93. The van der Waals surface area contributed by atoms with E-state index in [-0.39, 0.29) is 0 Å². The van der Waals surface area contributed by atoms with Crippen LogP contribution in [0.4, 0.5) is 0 Å². The van der Waals surface area contributed by atoms with E-state index in [0.717, 1.165) is 50.0 Å². The fourth-order valence-corrected chi connectivity index (χ4v) is 3.80. The van der Waals surface area contributed by atoms with Gasteiger partial charge in [0.1, 0.15) is 0 Å². The Morgan fingerprint density at radius 1 is 0.848 bits per heavy atom. The predicted molar refractivity (Wildman–Crippen MR) is 133 cm³/mol. The maximum Gasteiger partial charge on any atom is 0.191 e. The van der Waals surface area contributed by atoms with Crippen LogP contribution in [0.1, 0.15) is 23.4 Å². The number of guanidine groups is 1. The summed E-state index contributed by atoms with van der Waals surface area (Å²) in [5.41, 5.74) is 3.51. The molecule has 33 heavy (non-hydrogen) atoms. The number of benzene rings is 2. The van der Waals surface area contributed by atoms with Crippen molar-refractivity contribution in [3.63, 3.8) is 0 Å². The van der Waals surface area contributed by atoms with Gasteiger partial charge in [-0.1, -0.05) is 66.7 Å². The molecule has 7 nitrogen and oxygen atoms in total. The molecule has 4 rings (SSSR count). The Balaban J connectivity index is 1.26. The lowest BCUT2D eigenvalue weighted by molar-refractivity contribution is 0.254. The van der Waals surface area contributed by atoms with Crippen LogP contribution in [0.3, 0.4) is 0 Å². The van der Waals surface area contributed by atoms with E-state index in [1.807, 2.05) is 28.8 Å². The first-order chi connectivity index (χ1) is 16.3. The summed E-state index contributed by atoms with van der Waals surface area (Å²) in [4.78, 5) is 6.83. The fourth-order valence-electron chi connectivity index (χ4n) is 3.80. The monoisotopic (exact) mass is 441 g/mol. The average molecular weight is 442 g/mol. The number of hydrogen-bond donors (Lipinski definition) is 2. The van der Waals surface area contributed by atoms with Crippen LogP contribution in [0.15, 0.2) is 90.1 Å². The number of nitrogens with one attached hydrogen (secondary N) is 2. The SMILES string of the molecule is CN=C(NCCCN(Cc1ccccc1)Cc1ccccc1)NCc1nnc2ccccn12. The van der Waals surface area contributed by atoms with Crippen LogP contribution in [0.2, 0.25) is 0 Å². The van der Waals surface area contributed by atoms with Gasteiger partial charge in [0, 0.05) is 39.4 Å². The van der Waals surface area contributed by atoms with E-state index in [9.17, 15) is 0 Å². The van der Waals surface area contributed by atoms with E-state index in [1.54, 1.807) is 7.05 Å². The van der Waals surface area contributed by atoms with Crippen molar-refractivity contribution in [1.29, 1.82) is 0 Å². The minimum absolute atomic E-state index is 0.555. The van der Waals surface area contributed by atoms with E-state index >= 15 is 0 Å². The standard InChI is InChI=1S/C26H31N7/c1-27-26(29-19-25-31-30-24-15-8-9-18-33(24)25)28-16-10-17-32(20-22-11-4-2-5-12-22)21-23-13-6-3-7-14-23/h2-9,11-15,18H,10,16-17,19-21H2,1H3,(H2,27,28,29). The van der Waals surface area contributed by atoms with Crippen LogP contribution >= 0.6 is 0 Å². The number of aliphatic imine (C=N–C) groups is 1. The average Bonchev–Trinajstić information content (AvgIpc) is 3.28. The second-order valence-corrected chi connectivity index (χ2v) is 7.93. The van der Waals surface area contributed by atoms with Crippen LogP contribution in [-0.2, 0) is 19.6 Å². The second kappa shape index (κ2) is 11.8. The smallest absolute Gasteiger partial charge is 0.191 e. The Kier molecular flexibility index (Phi) is 8.03. The maximum atomic E-state index is 4.34. The molecule has 0 aliphatic carbocycles. The van der Waals surface area contributed by atoms with Crippen molar-refractivity contribution < 1.29 is 0 Å². The molecule has 0 spiro atoms. The Hall–Kier alpha value is -3.71. The molecular formula is C26H31N7. The summed E-state index contributed by atoms with van der Waals surface area (Å²) < 4.78 is 1.98. The Bertz CT molecular complexity index is 1100. The molecule has 0 bridgehead atoms. The molecule has 2 heterocycles. The van der Waals surface area contributed by atoms with Gasteiger partial charge >= 0.3 is 0 Å². The number of nitrogens with zero attached hydrogens (tertiary/aromatic N) is 5. The van der Waals surface area contributed by atoms with Crippen LogP contribution < -0.4 is 10.6 Å². The molecule has 0 fully saturated rings. The third-order valence-corrected chi connectivity index (χ3v) is 5.46. The number of pyridine rings is 1. The summed E-state index contributed by atoms with van der Waals surface area (Å²) >= 11 is 0. The van der Waals surface area contributed by atoms with Gasteiger partial charge < -0.3 is 10.6 Å². The predicted octanol–water partition coefficient (Wildman–Crippen LogP) is 3.49. The Morgan fingerprint density at radius 3 is 2.18 bits per heavy atom. The fraction of sp³-hybridized carbons (Fsp3) is 0.269. The lowest BCUT2D eigenvalue weighted by Crippen LogP contribution is -2.38. The first-order valence-electron chi connectivity index (χ1n) is 11.3. The van der Waals surface area contributed by atoms with Crippen LogP contribution in [0.5, 0.6) is 0 Å². The lowest BCUT2D eigenvalue weighted by atomic mass is 10.1. The van der Waals surface area contributed by atoms with Crippen molar-refractivity contribution in [2.24, 2.45) is 4.99 Å². The van der Waals surface area contributed by atoms with Gasteiger partial charge in [-0.3, -0.25) is 14.3 Å². The van der Waals surface area contributed by atoms with E-state index in [1.165, 1.54) is 11.1 Å². The van der Waals surface area contributed by atoms with Crippen molar-refractivity contribution in [2.75, 3.05) is 20.1 Å². The van der Waals surface area contributed by atoms with E-state index in [0.29, 0.717) is 6.54 Å². The molecular weight excluding hydrogens is 410 g/mol. The summed E-state index contributed by atoms with van der Waals surface area (Å²) in [5.74, 6) is 1.62. The van der Waals surface area contributed by atoms with Gasteiger partial charge in [-0.25, -0.2) is 0 Å². The molecule has 2 aromatic heterocycles. The highest BCUT2D eigenvalue weighted by molar-refractivity contribution is 5.79. The molecule has 2 aromatic carbocycles. The highest BCUT2D eigenvalue weighted by atomic mass is 15.3. The molecule has 0 aliphatic rings. The molecule has 4 aromatic rings. The van der Waals surface area contributed by atoms with Gasteiger partial charge in [-0.05, 0) is 29.7 Å². The summed E-state index contributed by atoms with van der Waals surface area (Å²) in [5, 5.41) is 15.2. The minimum atomic E-state index is 0.555. The molecule has 170 valence electrons. The molecule has 0 radical (unpaired) electrons. The van der Waals surface area contributed by atoms with Gasteiger partial charge in [0.05, 0.1) is 6.54 Å². The Labute approximate surface area is 195 Å². The third-order valence-electron chi connectivity index (χ3n) is 5.46. The van der Waals surface area contributed by atoms with Gasteiger partial charge in [-0.15, -0.1) is 10.2 Å². The van der Waals surface area contributed by atoms with E-state index in [4.69, 9.17) is 0 Å². The molecule has 2 N–H and O–H groups in total. The number of fused-ring (bicyclic) bond motifs is 1. The van der Waals surface area contributed by atoms with E-state index in [2.05, 4.69) is 91.4 Å². The summed E-state index contributed by atoms with van der Waals surface area (Å²) in [6.45, 7) is 4.24. The topological polar surface area (TPSA) is 69.8 Å². The first-order valence-corrected chi connectivity index (χ1v) is 11.3. The van der Waals surface area contributed by atoms with Gasteiger partial charge in [0.15, 0.2) is 17.4 Å². The van der Waals surface area contributed by atoms with Crippen molar-refractivity contribution in [3.05, 3.63) is 102 Å². The van der Waals surface area contributed by atoms with Gasteiger partial charge in [0.25, 0.3) is 0 Å². The zero-order valence-corrected chi connectivity index (χ0v) is 19.1. The lowest BCUT2D eigenvalue weighted by Gasteiger charge is -2.23. The normalized spacial score (nSPS) is 11.8. The molecule has 0 amide bonds. The number of hydrogen-bond acceptors (Lipinski definition) is 4. The highest BCUT2D eigenvalue weighted by Crippen LogP contribution is 2.10. The van der Waals surface area contributed by atoms with Crippen molar-refractivity contribution in [3.8, 4) is 0 Å². The molecule has 0 atom stereocenters. The summed E-state index contributed by atoms with van der Waals surface area (Å²) in [7, 11) is 1.79. The maximum absolute atomic E-state index is 4.34. The molecule has 0 unspecified atom stereocenters. The number of rotatable bonds is 10. The summed E-state index contributed by atoms with van der Waals surface area (Å²) in [6.07, 6.45) is 2.98. The Morgan fingerprint density at radius 2 is 1.52 bits per heavy atom. The first kappa shape index (κ1) is 22.5. The largest absolute Gasteiger partial charge is 0.356 e. The highest BCUT2D eigenvalue weighted by Gasteiger charge is 2.08. The van der Waals surface area contributed by atoms with Gasteiger partial charge in [-0.2, -0.15) is 0 Å². The van der Waals surface area contributed by atoms with Crippen molar-refractivity contribution in [2.45, 2.75) is 26.1 Å². The van der Waals surface area contributed by atoms with Gasteiger partial charge in [0.2, 0.25) is 0 Å². The molecule has 0 saturated heterocycles. The number of aromatic nitrogens is 3. The zero-order chi connectivity index (χ0) is 22.7. The zero-order valence-electron chi connectivity index (χ0n) is 19.1. The third kappa shape index (κ3) is 6.63. The minimum Gasteiger partial charge on any atom is -0.356 e. The molecule has 0 aliphatic heterocycles. The molecule has 0 saturated carbocycles. The quantitative estimate of drug-likeness (QED) is 0.224. The summed E-state index contributed by atoms with van der Waals surface area (Å²) in [6, 6.07) is 27.2. The van der Waals surface area contributed by atoms with Crippen LogP contribution in [0, 0.1) is 0 Å². The van der Waals surface area contributed by atoms with Crippen LogP contribution in [0.25, 0.3) is 5.65 Å².